The summed E-state index contributed by atoms with van der Waals surface area (Å²) in [6, 6.07) is 6.10. The van der Waals surface area contributed by atoms with E-state index in [2.05, 4.69) is 40.2 Å². The van der Waals surface area contributed by atoms with Crippen molar-refractivity contribution in [1.29, 1.82) is 0 Å². The number of hydrogen-bond donors (Lipinski definition) is 0. The molecule has 0 radical (unpaired) electrons. The van der Waals surface area contributed by atoms with Gasteiger partial charge in [-0.1, -0.05) is 0 Å². The number of fused-ring (bicyclic) bond motifs is 1. The van der Waals surface area contributed by atoms with E-state index in [1.165, 1.54) is 0 Å². The maximum Gasteiger partial charge on any atom is 0.177 e. The fraction of sp³-hybridized carbons (Fsp3) is 0.250. The van der Waals surface area contributed by atoms with Crippen molar-refractivity contribution >= 4 is 17.3 Å². The van der Waals surface area contributed by atoms with Crippen LogP contribution in [-0.2, 0) is 0 Å². The van der Waals surface area contributed by atoms with E-state index in [0.717, 1.165) is 30.4 Å². The Balaban J connectivity index is 1.30. The van der Waals surface area contributed by atoms with Gasteiger partial charge in [0.15, 0.2) is 11.5 Å². The van der Waals surface area contributed by atoms with Gasteiger partial charge in [0.1, 0.15) is 18.0 Å². The van der Waals surface area contributed by atoms with Crippen LogP contribution in [0, 0.1) is 0 Å². The van der Waals surface area contributed by atoms with Crippen LogP contribution >= 0.6 is 0 Å². The molecule has 5 heterocycles. The summed E-state index contributed by atoms with van der Waals surface area (Å²) in [5.74, 6) is 2.44. The molecule has 1 aliphatic heterocycles. The third-order valence-electron chi connectivity index (χ3n) is 4.59. The zero-order valence-corrected chi connectivity index (χ0v) is 14.1. The number of rotatable bonds is 4. The first-order valence-electron chi connectivity index (χ1n) is 8.25. The van der Waals surface area contributed by atoms with E-state index < -0.39 is 0 Å². The lowest BCUT2D eigenvalue weighted by molar-refractivity contribution is 0.486. The van der Waals surface area contributed by atoms with Crippen LogP contribution in [0.4, 0.5) is 11.6 Å². The van der Waals surface area contributed by atoms with Gasteiger partial charge in [-0.05, 0) is 18.2 Å². The topological polar surface area (TPSA) is 93.2 Å². The first-order chi connectivity index (χ1) is 12.8. The molecule has 5 rings (SSSR count). The first kappa shape index (κ1) is 14.8. The molecule has 0 unspecified atom stereocenters. The lowest BCUT2D eigenvalue weighted by atomic mass is 10.1. The highest BCUT2D eigenvalue weighted by Crippen LogP contribution is 2.24. The second kappa shape index (κ2) is 5.76. The van der Waals surface area contributed by atoms with Crippen molar-refractivity contribution in [2.45, 2.75) is 6.04 Å². The molecule has 10 nitrogen and oxygen atoms in total. The number of hydrogen-bond acceptors (Lipinski definition) is 8. The van der Waals surface area contributed by atoms with Crippen LogP contribution in [-0.4, -0.2) is 65.7 Å². The quantitative estimate of drug-likeness (QED) is 0.524. The Hall–Kier alpha value is -3.56. The molecule has 0 bridgehead atoms. The molecule has 0 atom stereocenters. The Morgan fingerprint density at radius 2 is 2.08 bits per heavy atom. The maximum atomic E-state index is 4.66. The molecule has 1 saturated heterocycles. The summed E-state index contributed by atoms with van der Waals surface area (Å²) < 4.78 is 3.39. The van der Waals surface area contributed by atoms with E-state index in [1.807, 2.05) is 31.4 Å². The predicted octanol–water partition coefficient (Wildman–Crippen LogP) is 0.425. The standard InChI is InChI=1S/C16H16N10/c1-23(15-7-17-8-16(20-15)25-6-2-5-19-25)12-9-24(10-12)14-4-3-13-21-18-11-26(13)22-14/h2-8,11-12H,9-10H2,1H3. The Morgan fingerprint density at radius 1 is 1.15 bits per heavy atom. The van der Waals surface area contributed by atoms with Gasteiger partial charge in [-0.25, -0.2) is 9.67 Å². The molecule has 0 amide bonds. The third kappa shape index (κ3) is 2.42. The SMILES string of the molecule is CN(c1cncc(-n2cccn2)n1)C1CN(c2ccc3nncn3n2)C1. The first-order valence-corrected chi connectivity index (χ1v) is 8.25. The third-order valence-corrected chi connectivity index (χ3v) is 4.59. The number of nitrogens with zero attached hydrogens (tertiary/aromatic N) is 10. The average Bonchev–Trinajstić information content (AvgIpc) is 3.32. The molecule has 0 aliphatic carbocycles. The maximum absolute atomic E-state index is 4.66. The zero-order valence-electron chi connectivity index (χ0n) is 14.1. The second-order valence-electron chi connectivity index (χ2n) is 6.18. The Labute approximate surface area is 148 Å². The summed E-state index contributed by atoms with van der Waals surface area (Å²) in [7, 11) is 2.04. The highest BCUT2D eigenvalue weighted by Gasteiger charge is 2.32. The van der Waals surface area contributed by atoms with E-state index in [1.54, 1.807) is 34.1 Å². The van der Waals surface area contributed by atoms with Crippen LogP contribution in [0.2, 0.25) is 0 Å². The van der Waals surface area contributed by atoms with E-state index in [-0.39, 0.29) is 0 Å². The molecule has 0 N–H and O–H groups in total. The zero-order chi connectivity index (χ0) is 17.5. The summed E-state index contributed by atoms with van der Waals surface area (Å²) in [6.07, 6.45) is 8.67. The molecule has 130 valence electrons. The summed E-state index contributed by atoms with van der Waals surface area (Å²) in [4.78, 5) is 13.3. The van der Waals surface area contributed by atoms with Crippen LogP contribution in [0.3, 0.4) is 0 Å². The minimum Gasteiger partial charge on any atom is -0.352 e. The van der Waals surface area contributed by atoms with Gasteiger partial charge in [0.05, 0.1) is 18.4 Å². The molecular weight excluding hydrogens is 332 g/mol. The molecule has 4 aromatic heterocycles. The van der Waals surface area contributed by atoms with Crippen molar-refractivity contribution in [3.8, 4) is 5.82 Å². The summed E-state index contributed by atoms with van der Waals surface area (Å²) in [6.45, 7) is 1.73. The highest BCUT2D eigenvalue weighted by molar-refractivity contribution is 5.50. The van der Waals surface area contributed by atoms with E-state index in [4.69, 9.17) is 0 Å². The Morgan fingerprint density at radius 3 is 2.92 bits per heavy atom. The highest BCUT2D eigenvalue weighted by atomic mass is 15.4. The van der Waals surface area contributed by atoms with Crippen molar-refractivity contribution in [2.75, 3.05) is 29.9 Å². The van der Waals surface area contributed by atoms with Crippen molar-refractivity contribution in [1.82, 2.24) is 39.6 Å². The number of anilines is 2. The van der Waals surface area contributed by atoms with Gasteiger partial charge in [-0.15, -0.1) is 15.3 Å². The monoisotopic (exact) mass is 348 g/mol. The van der Waals surface area contributed by atoms with E-state index >= 15 is 0 Å². The summed E-state index contributed by atoms with van der Waals surface area (Å²) in [5, 5.41) is 16.6. The number of likely N-dealkylation sites (N-methyl/N-ethyl adjacent to an activating group) is 1. The molecule has 0 aromatic carbocycles. The molecule has 10 heteroatoms. The molecule has 1 fully saturated rings. The summed E-state index contributed by atoms with van der Waals surface area (Å²) >= 11 is 0. The summed E-state index contributed by atoms with van der Waals surface area (Å²) in [5.41, 5.74) is 0.744. The normalized spacial score (nSPS) is 14.6. The van der Waals surface area contributed by atoms with Crippen LogP contribution < -0.4 is 9.80 Å². The van der Waals surface area contributed by atoms with E-state index in [0.29, 0.717) is 11.9 Å². The van der Waals surface area contributed by atoms with Crippen molar-refractivity contribution in [3.05, 3.63) is 49.3 Å². The minimum absolute atomic E-state index is 0.343. The lowest BCUT2D eigenvalue weighted by Gasteiger charge is -2.44. The van der Waals surface area contributed by atoms with E-state index in [9.17, 15) is 0 Å². The molecule has 0 spiro atoms. The lowest BCUT2D eigenvalue weighted by Crippen LogP contribution is -2.59. The predicted molar refractivity (Wildman–Crippen MR) is 94.3 cm³/mol. The largest absolute Gasteiger partial charge is 0.352 e. The fourth-order valence-corrected chi connectivity index (χ4v) is 2.99. The van der Waals surface area contributed by atoms with Gasteiger partial charge in [0.25, 0.3) is 0 Å². The van der Waals surface area contributed by atoms with Gasteiger partial charge < -0.3 is 9.80 Å². The second-order valence-corrected chi connectivity index (χ2v) is 6.18. The average molecular weight is 348 g/mol. The van der Waals surface area contributed by atoms with Gasteiger partial charge in [-0.3, -0.25) is 4.98 Å². The van der Waals surface area contributed by atoms with Crippen molar-refractivity contribution in [3.63, 3.8) is 0 Å². The van der Waals surface area contributed by atoms with Crippen LogP contribution in [0.5, 0.6) is 0 Å². The van der Waals surface area contributed by atoms with Gasteiger partial charge in [0.2, 0.25) is 0 Å². The minimum atomic E-state index is 0.343. The molecule has 0 saturated carbocycles. The van der Waals surface area contributed by atoms with Crippen LogP contribution in [0.25, 0.3) is 11.5 Å². The number of aromatic nitrogens is 8. The van der Waals surface area contributed by atoms with Gasteiger partial charge >= 0.3 is 0 Å². The van der Waals surface area contributed by atoms with Gasteiger partial charge in [-0.2, -0.15) is 9.61 Å². The van der Waals surface area contributed by atoms with Gasteiger partial charge in [0, 0.05) is 32.5 Å². The van der Waals surface area contributed by atoms with Crippen LogP contribution in [0.15, 0.2) is 49.3 Å². The van der Waals surface area contributed by atoms with Crippen molar-refractivity contribution < 1.29 is 0 Å². The van der Waals surface area contributed by atoms with Crippen LogP contribution in [0.1, 0.15) is 0 Å². The Bertz CT molecular complexity index is 1030. The fourth-order valence-electron chi connectivity index (χ4n) is 2.99. The molecule has 4 aromatic rings. The molecular formula is C16H16N10. The Kier molecular flexibility index (Phi) is 3.27. The molecule has 1 aliphatic rings. The van der Waals surface area contributed by atoms with Crippen molar-refractivity contribution in [2.24, 2.45) is 0 Å². The molecule has 26 heavy (non-hydrogen) atoms. The smallest absolute Gasteiger partial charge is 0.177 e.